The molecule has 0 spiro atoms. The first-order chi connectivity index (χ1) is 17.4. The van der Waals surface area contributed by atoms with Crippen LogP contribution < -0.4 is 15.2 Å². The van der Waals surface area contributed by atoms with Gasteiger partial charge in [0.05, 0.1) is 12.9 Å². The first-order valence-corrected chi connectivity index (χ1v) is 11.8. The molecule has 4 rings (SSSR count). The van der Waals surface area contributed by atoms with Crippen LogP contribution in [0.5, 0.6) is 11.5 Å². The molecule has 36 heavy (non-hydrogen) atoms. The van der Waals surface area contributed by atoms with E-state index in [-0.39, 0.29) is 5.78 Å². The molecule has 0 heterocycles. The lowest BCUT2D eigenvalue weighted by Crippen LogP contribution is -2.35. The second kappa shape index (κ2) is 10.9. The van der Waals surface area contributed by atoms with Crippen LogP contribution in [-0.4, -0.2) is 18.7 Å². The van der Waals surface area contributed by atoms with Crippen molar-refractivity contribution < 1.29 is 14.3 Å². The SMILES string of the molecule is COc1ccc(-c2cccc(C(N=C(C)N)(C(C)=O)c3ccccc3)c2)cc1OCc1ccccc1. The fourth-order valence-electron chi connectivity index (χ4n) is 4.35. The number of hydrogen-bond donors (Lipinski definition) is 1. The molecule has 0 aliphatic rings. The lowest BCUT2D eigenvalue weighted by molar-refractivity contribution is -0.120. The summed E-state index contributed by atoms with van der Waals surface area (Å²) >= 11 is 0. The van der Waals surface area contributed by atoms with Crippen molar-refractivity contribution in [3.63, 3.8) is 0 Å². The molecule has 0 amide bonds. The van der Waals surface area contributed by atoms with Crippen LogP contribution in [0.25, 0.3) is 11.1 Å². The van der Waals surface area contributed by atoms with Crippen LogP contribution >= 0.6 is 0 Å². The summed E-state index contributed by atoms with van der Waals surface area (Å²) in [5, 5.41) is 0. The Kier molecular flexibility index (Phi) is 7.50. The standard InChI is InChI=1S/C31H30N2O3/c1-22(34)31(33-23(2)32,27-14-8-5-9-15-27)28-16-10-13-25(19-28)26-17-18-29(35-3)30(20-26)36-21-24-11-6-4-7-12-24/h4-20H,21H2,1-3H3,(H2,32,33). The number of Topliss-reactive ketones (excluding diaryl/α,β-unsaturated/α-hetero) is 1. The fourth-order valence-corrected chi connectivity index (χ4v) is 4.35. The predicted molar refractivity (Wildman–Crippen MR) is 144 cm³/mol. The van der Waals surface area contributed by atoms with E-state index in [1.807, 2.05) is 103 Å². The maximum Gasteiger partial charge on any atom is 0.170 e. The molecule has 0 saturated heterocycles. The van der Waals surface area contributed by atoms with Gasteiger partial charge in [0.2, 0.25) is 0 Å². The van der Waals surface area contributed by atoms with E-state index in [9.17, 15) is 4.79 Å². The fraction of sp³-hybridized carbons (Fsp3) is 0.161. The van der Waals surface area contributed by atoms with Crippen molar-refractivity contribution in [1.29, 1.82) is 0 Å². The summed E-state index contributed by atoms with van der Waals surface area (Å²) in [6.07, 6.45) is 0. The number of aliphatic imine (C=N–C) groups is 1. The lowest BCUT2D eigenvalue weighted by atomic mass is 9.79. The Morgan fingerprint density at radius 1 is 0.778 bits per heavy atom. The number of nitrogens with two attached hydrogens (primary N) is 1. The van der Waals surface area contributed by atoms with Gasteiger partial charge in [0.15, 0.2) is 22.8 Å². The largest absolute Gasteiger partial charge is 0.493 e. The van der Waals surface area contributed by atoms with E-state index in [1.54, 1.807) is 21.0 Å². The highest BCUT2D eigenvalue weighted by Gasteiger charge is 2.39. The van der Waals surface area contributed by atoms with Gasteiger partial charge in [-0.2, -0.15) is 0 Å². The molecule has 5 nitrogen and oxygen atoms in total. The highest BCUT2D eigenvalue weighted by atomic mass is 16.5. The van der Waals surface area contributed by atoms with E-state index in [0.717, 1.165) is 27.8 Å². The second-order valence-electron chi connectivity index (χ2n) is 8.61. The summed E-state index contributed by atoms with van der Waals surface area (Å²) < 4.78 is 11.7. The quantitative estimate of drug-likeness (QED) is 0.231. The number of nitrogens with zero attached hydrogens (tertiary/aromatic N) is 1. The van der Waals surface area contributed by atoms with Crippen molar-refractivity contribution >= 4 is 11.6 Å². The highest BCUT2D eigenvalue weighted by Crippen LogP contribution is 2.38. The summed E-state index contributed by atoms with van der Waals surface area (Å²) in [5.41, 5.74) is 9.22. The van der Waals surface area contributed by atoms with E-state index >= 15 is 0 Å². The number of carbonyl (C=O) groups excluding carboxylic acids is 1. The molecule has 0 aliphatic heterocycles. The molecule has 1 atom stereocenters. The third kappa shape index (κ3) is 5.15. The minimum Gasteiger partial charge on any atom is -0.493 e. The Balaban J connectivity index is 1.78. The smallest absolute Gasteiger partial charge is 0.170 e. The van der Waals surface area contributed by atoms with Crippen molar-refractivity contribution in [3.8, 4) is 22.6 Å². The van der Waals surface area contributed by atoms with Gasteiger partial charge < -0.3 is 15.2 Å². The lowest BCUT2D eigenvalue weighted by Gasteiger charge is -2.29. The Labute approximate surface area is 212 Å². The average molecular weight is 479 g/mol. The van der Waals surface area contributed by atoms with E-state index in [1.165, 1.54) is 0 Å². The van der Waals surface area contributed by atoms with Crippen LogP contribution in [-0.2, 0) is 16.9 Å². The zero-order valence-electron chi connectivity index (χ0n) is 20.8. The third-order valence-corrected chi connectivity index (χ3v) is 6.06. The zero-order chi connectivity index (χ0) is 25.5. The van der Waals surface area contributed by atoms with Crippen molar-refractivity contribution in [2.45, 2.75) is 26.0 Å². The van der Waals surface area contributed by atoms with Crippen LogP contribution in [0.3, 0.4) is 0 Å². The van der Waals surface area contributed by atoms with Crippen molar-refractivity contribution in [2.24, 2.45) is 10.7 Å². The van der Waals surface area contributed by atoms with Gasteiger partial charge in [-0.05, 0) is 59.9 Å². The van der Waals surface area contributed by atoms with Crippen molar-refractivity contribution in [2.75, 3.05) is 7.11 Å². The maximum absolute atomic E-state index is 13.2. The topological polar surface area (TPSA) is 73.9 Å². The van der Waals surface area contributed by atoms with Gasteiger partial charge in [0.25, 0.3) is 0 Å². The van der Waals surface area contributed by atoms with Crippen LogP contribution in [0.2, 0.25) is 0 Å². The number of ether oxygens (including phenoxy) is 2. The molecule has 0 aromatic heterocycles. The summed E-state index contributed by atoms with van der Waals surface area (Å²) in [6.45, 7) is 3.67. The Morgan fingerprint density at radius 2 is 1.42 bits per heavy atom. The summed E-state index contributed by atoms with van der Waals surface area (Å²) in [4.78, 5) is 17.9. The highest BCUT2D eigenvalue weighted by molar-refractivity contribution is 5.95. The van der Waals surface area contributed by atoms with Crippen molar-refractivity contribution in [1.82, 2.24) is 0 Å². The number of rotatable bonds is 9. The van der Waals surface area contributed by atoms with E-state index in [2.05, 4.69) is 0 Å². The van der Waals surface area contributed by atoms with E-state index < -0.39 is 5.54 Å². The molecule has 0 saturated carbocycles. The van der Waals surface area contributed by atoms with Gasteiger partial charge in [-0.15, -0.1) is 0 Å². The molecule has 4 aromatic rings. The van der Waals surface area contributed by atoms with Gasteiger partial charge in [0, 0.05) is 0 Å². The maximum atomic E-state index is 13.2. The minimum atomic E-state index is -1.24. The molecule has 0 aliphatic carbocycles. The molecule has 5 heteroatoms. The number of hydrogen-bond acceptors (Lipinski definition) is 4. The first kappa shape index (κ1) is 24.7. The molecular weight excluding hydrogens is 448 g/mol. The number of methoxy groups -OCH3 is 1. The van der Waals surface area contributed by atoms with Crippen LogP contribution in [0.4, 0.5) is 0 Å². The van der Waals surface area contributed by atoms with Gasteiger partial charge in [-0.3, -0.25) is 4.79 Å². The summed E-state index contributed by atoms with van der Waals surface area (Å²) in [6, 6.07) is 33.2. The molecule has 0 bridgehead atoms. The van der Waals surface area contributed by atoms with Crippen LogP contribution in [0.1, 0.15) is 30.5 Å². The Morgan fingerprint density at radius 3 is 2.06 bits per heavy atom. The van der Waals surface area contributed by atoms with Gasteiger partial charge in [-0.25, -0.2) is 4.99 Å². The van der Waals surface area contributed by atoms with E-state index in [0.29, 0.717) is 23.9 Å². The Hall–Kier alpha value is -4.38. The second-order valence-corrected chi connectivity index (χ2v) is 8.61. The molecule has 1 unspecified atom stereocenters. The molecular formula is C31H30N2O3. The monoisotopic (exact) mass is 478 g/mol. The molecule has 0 radical (unpaired) electrons. The molecule has 182 valence electrons. The number of carbonyl (C=O) groups is 1. The van der Waals surface area contributed by atoms with Gasteiger partial charge in [-0.1, -0.05) is 84.9 Å². The third-order valence-electron chi connectivity index (χ3n) is 6.06. The summed E-state index contributed by atoms with van der Waals surface area (Å²) in [5.74, 6) is 1.51. The number of amidine groups is 1. The Bertz CT molecular complexity index is 1360. The average Bonchev–Trinajstić information content (AvgIpc) is 2.91. The van der Waals surface area contributed by atoms with Gasteiger partial charge in [0.1, 0.15) is 6.61 Å². The van der Waals surface area contributed by atoms with Crippen LogP contribution in [0.15, 0.2) is 108 Å². The minimum absolute atomic E-state index is 0.114. The van der Waals surface area contributed by atoms with Gasteiger partial charge >= 0.3 is 0 Å². The van der Waals surface area contributed by atoms with E-state index in [4.69, 9.17) is 20.2 Å². The zero-order valence-corrected chi connectivity index (χ0v) is 20.8. The normalized spacial score (nSPS) is 13.0. The predicted octanol–water partition coefficient (Wildman–Crippen LogP) is 6.15. The first-order valence-electron chi connectivity index (χ1n) is 11.8. The summed E-state index contributed by atoms with van der Waals surface area (Å²) in [7, 11) is 1.62. The molecule has 2 N–H and O–H groups in total. The van der Waals surface area contributed by atoms with Crippen molar-refractivity contribution in [3.05, 3.63) is 120 Å². The number of benzene rings is 4. The molecule has 0 fully saturated rings. The van der Waals surface area contributed by atoms with Crippen LogP contribution in [0, 0.1) is 0 Å². The number of ketones is 1. The molecule has 4 aromatic carbocycles.